The zero-order valence-corrected chi connectivity index (χ0v) is 16.0. The van der Waals surface area contributed by atoms with Gasteiger partial charge in [0.25, 0.3) is 5.91 Å². The van der Waals surface area contributed by atoms with E-state index in [9.17, 15) is 9.59 Å². The van der Waals surface area contributed by atoms with Gasteiger partial charge in [0.2, 0.25) is 0 Å². The van der Waals surface area contributed by atoms with Gasteiger partial charge in [0.15, 0.2) is 5.69 Å². The third-order valence-corrected chi connectivity index (χ3v) is 5.31. The maximum atomic E-state index is 12.6. The minimum Gasteiger partial charge on any atom is -0.476 e. The molecule has 140 valence electrons. The summed E-state index contributed by atoms with van der Waals surface area (Å²) in [4.78, 5) is 27.4. The Morgan fingerprint density at radius 1 is 1.22 bits per heavy atom. The number of carbonyl (C=O) groups is 2. The quantitative estimate of drug-likeness (QED) is 0.656. The van der Waals surface area contributed by atoms with Gasteiger partial charge in [0.1, 0.15) is 0 Å². The highest BCUT2D eigenvalue weighted by Gasteiger charge is 2.16. The minimum atomic E-state index is -1.03. The van der Waals surface area contributed by atoms with E-state index in [1.54, 1.807) is 0 Å². The highest BCUT2D eigenvalue weighted by molar-refractivity contribution is 7.09. The van der Waals surface area contributed by atoms with E-state index in [-0.39, 0.29) is 11.6 Å². The van der Waals surface area contributed by atoms with Gasteiger partial charge in [-0.2, -0.15) is 0 Å². The van der Waals surface area contributed by atoms with Crippen molar-refractivity contribution in [3.63, 3.8) is 0 Å². The zero-order chi connectivity index (χ0) is 19.4. The van der Waals surface area contributed by atoms with E-state index < -0.39 is 5.97 Å². The van der Waals surface area contributed by atoms with E-state index in [1.807, 2.05) is 38.1 Å². The molecular formula is C20H21N3O3S. The van der Waals surface area contributed by atoms with Crippen LogP contribution in [0.15, 0.2) is 41.8 Å². The van der Waals surface area contributed by atoms with Crippen molar-refractivity contribution in [2.24, 2.45) is 0 Å². The van der Waals surface area contributed by atoms with Crippen LogP contribution in [0.2, 0.25) is 0 Å². The van der Waals surface area contributed by atoms with Crippen molar-refractivity contribution >= 4 is 23.2 Å². The van der Waals surface area contributed by atoms with Crippen molar-refractivity contribution in [1.29, 1.82) is 0 Å². The standard InChI is InChI=1S/C20H21N3O3S/c1-13-10-16(14(2)23(13)11-15-6-4-3-5-7-15)19(24)21-9-8-18-22-17(12-27-18)20(25)26/h3-7,10,12H,8-9,11H2,1-2H3,(H,21,24)(H,25,26). The molecule has 1 aromatic carbocycles. The van der Waals surface area contributed by atoms with E-state index in [0.717, 1.165) is 17.9 Å². The van der Waals surface area contributed by atoms with Crippen LogP contribution in [-0.2, 0) is 13.0 Å². The van der Waals surface area contributed by atoms with E-state index in [0.29, 0.717) is 23.5 Å². The Balaban J connectivity index is 1.62. The molecule has 0 aliphatic heterocycles. The first-order valence-electron chi connectivity index (χ1n) is 8.62. The summed E-state index contributed by atoms with van der Waals surface area (Å²) in [7, 11) is 0. The predicted octanol–water partition coefficient (Wildman–Crippen LogP) is 3.28. The third-order valence-electron chi connectivity index (χ3n) is 4.40. The second-order valence-corrected chi connectivity index (χ2v) is 7.24. The van der Waals surface area contributed by atoms with Crippen molar-refractivity contribution in [3.05, 3.63) is 75.0 Å². The number of nitrogens with zero attached hydrogens (tertiary/aromatic N) is 2. The summed E-state index contributed by atoms with van der Waals surface area (Å²) in [5, 5.41) is 14.0. The number of benzene rings is 1. The number of hydrogen-bond donors (Lipinski definition) is 2. The summed E-state index contributed by atoms with van der Waals surface area (Å²) in [5.41, 5.74) is 3.85. The van der Waals surface area contributed by atoms with Crippen molar-refractivity contribution in [2.45, 2.75) is 26.8 Å². The molecule has 2 aromatic heterocycles. The van der Waals surface area contributed by atoms with E-state index in [2.05, 4.69) is 27.0 Å². The number of carboxylic acids is 1. The Kier molecular flexibility index (Phi) is 5.71. The van der Waals surface area contributed by atoms with Crippen molar-refractivity contribution in [2.75, 3.05) is 6.54 Å². The molecule has 6 nitrogen and oxygen atoms in total. The largest absolute Gasteiger partial charge is 0.476 e. The van der Waals surface area contributed by atoms with Crippen LogP contribution in [0.3, 0.4) is 0 Å². The molecule has 0 aliphatic rings. The van der Waals surface area contributed by atoms with E-state index in [1.165, 1.54) is 22.3 Å². The number of amides is 1. The van der Waals surface area contributed by atoms with Gasteiger partial charge in [-0.3, -0.25) is 4.79 Å². The average Bonchev–Trinajstić information content (AvgIpc) is 3.23. The molecule has 2 N–H and O–H groups in total. The van der Waals surface area contributed by atoms with Crippen LogP contribution in [0.5, 0.6) is 0 Å². The molecule has 1 amide bonds. The monoisotopic (exact) mass is 383 g/mol. The smallest absolute Gasteiger partial charge is 0.355 e. The van der Waals surface area contributed by atoms with Gasteiger partial charge in [-0.25, -0.2) is 9.78 Å². The molecule has 0 aliphatic carbocycles. The fraction of sp³-hybridized carbons (Fsp3) is 0.250. The summed E-state index contributed by atoms with van der Waals surface area (Å²) in [6, 6.07) is 12.0. The Labute approximate surface area is 161 Å². The number of rotatable bonds is 7. The fourth-order valence-electron chi connectivity index (χ4n) is 2.94. The number of nitrogens with one attached hydrogen (secondary N) is 1. The normalized spacial score (nSPS) is 10.7. The molecule has 2 heterocycles. The van der Waals surface area contributed by atoms with Gasteiger partial charge in [0, 0.05) is 36.3 Å². The lowest BCUT2D eigenvalue weighted by atomic mass is 10.2. The maximum Gasteiger partial charge on any atom is 0.355 e. The number of hydrogen-bond acceptors (Lipinski definition) is 4. The van der Waals surface area contributed by atoms with E-state index in [4.69, 9.17) is 5.11 Å². The second kappa shape index (κ2) is 8.18. The molecule has 7 heteroatoms. The first-order chi connectivity index (χ1) is 13.0. The van der Waals surface area contributed by atoms with Crippen LogP contribution in [0, 0.1) is 13.8 Å². The first-order valence-corrected chi connectivity index (χ1v) is 9.50. The highest BCUT2D eigenvalue weighted by Crippen LogP contribution is 2.17. The molecule has 0 saturated heterocycles. The Morgan fingerprint density at radius 3 is 2.63 bits per heavy atom. The topological polar surface area (TPSA) is 84.2 Å². The molecular weight excluding hydrogens is 362 g/mol. The van der Waals surface area contributed by atoms with Gasteiger partial charge in [0.05, 0.1) is 10.6 Å². The third kappa shape index (κ3) is 4.43. The van der Waals surface area contributed by atoms with Crippen LogP contribution in [0.4, 0.5) is 0 Å². The Bertz CT molecular complexity index is 960. The molecule has 0 saturated carbocycles. The first kappa shape index (κ1) is 18.8. The van der Waals surface area contributed by atoms with Crippen molar-refractivity contribution in [3.8, 4) is 0 Å². The number of aromatic carboxylic acids is 1. The van der Waals surface area contributed by atoms with Crippen LogP contribution in [0.1, 0.15) is 42.8 Å². The molecule has 0 bridgehead atoms. The highest BCUT2D eigenvalue weighted by atomic mass is 32.1. The number of aryl methyl sites for hydroxylation is 1. The molecule has 3 rings (SSSR count). The van der Waals surface area contributed by atoms with Crippen LogP contribution >= 0.6 is 11.3 Å². The Hall–Kier alpha value is -2.93. The molecule has 0 unspecified atom stereocenters. The zero-order valence-electron chi connectivity index (χ0n) is 15.2. The van der Waals surface area contributed by atoms with Gasteiger partial charge >= 0.3 is 5.97 Å². The number of carboxylic acid groups (broad SMARTS) is 1. The summed E-state index contributed by atoms with van der Waals surface area (Å²) in [6.07, 6.45) is 0.506. The molecule has 0 radical (unpaired) electrons. The summed E-state index contributed by atoms with van der Waals surface area (Å²) in [6.45, 7) is 5.08. The SMILES string of the molecule is Cc1cc(C(=O)NCCc2nc(C(=O)O)cs2)c(C)n1Cc1ccccc1. The molecule has 0 fully saturated rings. The van der Waals surface area contributed by atoms with Gasteiger partial charge in [-0.1, -0.05) is 30.3 Å². The number of aromatic nitrogens is 2. The van der Waals surface area contributed by atoms with Gasteiger partial charge < -0.3 is 15.0 Å². The van der Waals surface area contributed by atoms with Gasteiger partial charge in [-0.15, -0.1) is 11.3 Å². The molecule has 0 atom stereocenters. The maximum absolute atomic E-state index is 12.6. The number of carbonyl (C=O) groups excluding carboxylic acids is 1. The summed E-state index contributed by atoms with van der Waals surface area (Å²) in [5.74, 6) is -1.16. The lowest BCUT2D eigenvalue weighted by molar-refractivity contribution is 0.0690. The minimum absolute atomic E-state index is 0.0470. The summed E-state index contributed by atoms with van der Waals surface area (Å²) < 4.78 is 2.13. The van der Waals surface area contributed by atoms with Crippen molar-refractivity contribution < 1.29 is 14.7 Å². The molecule has 27 heavy (non-hydrogen) atoms. The van der Waals surface area contributed by atoms with Crippen LogP contribution in [0.25, 0.3) is 0 Å². The van der Waals surface area contributed by atoms with Gasteiger partial charge in [-0.05, 0) is 25.5 Å². The second-order valence-electron chi connectivity index (χ2n) is 6.29. The average molecular weight is 383 g/mol. The van der Waals surface area contributed by atoms with E-state index >= 15 is 0 Å². The Morgan fingerprint density at radius 2 is 1.96 bits per heavy atom. The fourth-order valence-corrected chi connectivity index (χ4v) is 3.71. The number of thiazole rings is 1. The van der Waals surface area contributed by atoms with Crippen LogP contribution < -0.4 is 5.32 Å². The molecule has 3 aromatic rings. The van der Waals surface area contributed by atoms with Crippen molar-refractivity contribution in [1.82, 2.24) is 14.9 Å². The van der Waals surface area contributed by atoms with Crippen LogP contribution in [-0.4, -0.2) is 33.1 Å². The lowest BCUT2D eigenvalue weighted by Crippen LogP contribution is -2.26. The molecule has 0 spiro atoms. The predicted molar refractivity (Wildman–Crippen MR) is 105 cm³/mol. The lowest BCUT2D eigenvalue weighted by Gasteiger charge is -2.10. The summed E-state index contributed by atoms with van der Waals surface area (Å²) >= 11 is 1.29.